The first kappa shape index (κ1) is 11.0. The van der Waals surface area contributed by atoms with Gasteiger partial charge < -0.3 is 10.0 Å². The highest BCUT2D eigenvalue weighted by Gasteiger charge is 2.33. The lowest BCUT2D eigenvalue weighted by Gasteiger charge is -2.24. The first-order valence-electron chi connectivity index (χ1n) is 4.81. The van der Waals surface area contributed by atoms with E-state index in [0.717, 1.165) is 0 Å². The second-order valence-electron chi connectivity index (χ2n) is 3.57. The van der Waals surface area contributed by atoms with E-state index in [1.54, 1.807) is 34.9 Å². The predicted molar refractivity (Wildman–Crippen MR) is 62.9 cm³/mol. The van der Waals surface area contributed by atoms with Crippen LogP contribution in [-0.2, 0) is 4.79 Å². The number of nitrogens with zero attached hydrogens (tertiary/aromatic N) is 1. The predicted octanol–water partition coefficient (Wildman–Crippen LogP) is 1.70. The molecule has 1 N–H and O–H groups in total. The first-order chi connectivity index (χ1) is 7.18. The maximum absolute atomic E-state index is 11.6. The number of aliphatic hydroxyl groups is 1. The van der Waals surface area contributed by atoms with E-state index >= 15 is 0 Å². The Morgan fingerprint density at radius 3 is 3.13 bits per heavy atom. The molecule has 3 nitrogen and oxygen atoms in total. The number of amides is 1. The Labute approximate surface area is 97.1 Å². The monoisotopic (exact) mass is 243 g/mol. The van der Waals surface area contributed by atoms with Crippen LogP contribution in [0.4, 0.5) is 0 Å². The van der Waals surface area contributed by atoms with Crippen molar-refractivity contribution in [1.82, 2.24) is 4.90 Å². The number of rotatable bonds is 3. The van der Waals surface area contributed by atoms with Crippen molar-refractivity contribution in [2.45, 2.75) is 18.4 Å². The van der Waals surface area contributed by atoms with E-state index in [1.807, 2.05) is 17.5 Å². The van der Waals surface area contributed by atoms with Gasteiger partial charge in [0.05, 0.1) is 11.9 Å². The van der Waals surface area contributed by atoms with Crippen LogP contribution in [-0.4, -0.2) is 34.3 Å². The van der Waals surface area contributed by atoms with Crippen molar-refractivity contribution in [3.05, 3.63) is 22.4 Å². The molecule has 0 radical (unpaired) electrons. The lowest BCUT2D eigenvalue weighted by molar-refractivity contribution is -0.129. The van der Waals surface area contributed by atoms with Gasteiger partial charge in [0.25, 0.3) is 0 Å². The zero-order chi connectivity index (χ0) is 10.8. The molecule has 0 aliphatic carbocycles. The van der Waals surface area contributed by atoms with Gasteiger partial charge in [0, 0.05) is 11.4 Å². The lowest BCUT2D eigenvalue weighted by atomic mass is 10.3. The van der Waals surface area contributed by atoms with E-state index in [-0.39, 0.29) is 11.3 Å². The quantitative estimate of drug-likeness (QED) is 0.878. The highest BCUT2D eigenvalue weighted by Crippen LogP contribution is 2.40. The molecule has 0 spiro atoms. The lowest BCUT2D eigenvalue weighted by Crippen LogP contribution is -2.34. The van der Waals surface area contributed by atoms with Crippen molar-refractivity contribution in [1.29, 1.82) is 0 Å². The molecule has 15 heavy (non-hydrogen) atoms. The fraction of sp³-hybridized carbons (Fsp3) is 0.500. The van der Waals surface area contributed by atoms with E-state index in [1.165, 1.54) is 4.88 Å². The van der Waals surface area contributed by atoms with Gasteiger partial charge in [0.15, 0.2) is 0 Å². The topological polar surface area (TPSA) is 40.5 Å². The number of hydrogen-bond donors (Lipinski definition) is 1. The summed E-state index contributed by atoms with van der Waals surface area (Å²) in [4.78, 5) is 14.6. The number of thiophene rings is 1. The van der Waals surface area contributed by atoms with Crippen LogP contribution in [0.1, 0.15) is 17.2 Å². The summed E-state index contributed by atoms with van der Waals surface area (Å²) in [6, 6.07) is 4.03. The van der Waals surface area contributed by atoms with Gasteiger partial charge in [0.1, 0.15) is 5.37 Å². The zero-order valence-electron chi connectivity index (χ0n) is 8.42. The molecular weight excluding hydrogens is 230 g/mol. The first-order valence-corrected chi connectivity index (χ1v) is 6.74. The fourth-order valence-corrected chi connectivity index (χ4v) is 3.78. The van der Waals surface area contributed by atoms with Crippen molar-refractivity contribution in [2.24, 2.45) is 0 Å². The van der Waals surface area contributed by atoms with E-state index in [0.29, 0.717) is 12.3 Å². The molecule has 1 fully saturated rings. The maximum atomic E-state index is 11.6. The van der Waals surface area contributed by atoms with Crippen molar-refractivity contribution in [3.63, 3.8) is 0 Å². The number of aliphatic hydroxyl groups excluding tert-OH is 1. The summed E-state index contributed by atoms with van der Waals surface area (Å²) in [5, 5.41) is 11.5. The van der Waals surface area contributed by atoms with Gasteiger partial charge in [-0.3, -0.25) is 4.79 Å². The van der Waals surface area contributed by atoms with Gasteiger partial charge in [-0.15, -0.1) is 23.1 Å². The standard InChI is InChI=1S/C10H13NO2S2/c1-7(12)5-11-9(13)6-15-10(11)8-3-2-4-14-8/h2-4,7,10,12H,5-6H2,1H3/t7-,10+/m0/s1. The van der Waals surface area contributed by atoms with E-state index in [9.17, 15) is 9.90 Å². The van der Waals surface area contributed by atoms with Crippen molar-refractivity contribution >= 4 is 29.0 Å². The second-order valence-corrected chi connectivity index (χ2v) is 5.62. The van der Waals surface area contributed by atoms with Crippen molar-refractivity contribution in [3.8, 4) is 0 Å². The SMILES string of the molecule is C[C@H](O)CN1C(=O)CS[C@@H]1c1cccs1. The summed E-state index contributed by atoms with van der Waals surface area (Å²) < 4.78 is 0. The summed E-state index contributed by atoms with van der Waals surface area (Å²) in [6.45, 7) is 2.14. The molecule has 1 aromatic heterocycles. The fourth-order valence-electron chi connectivity index (χ4n) is 1.60. The van der Waals surface area contributed by atoms with E-state index in [2.05, 4.69) is 0 Å². The van der Waals surface area contributed by atoms with Gasteiger partial charge >= 0.3 is 0 Å². The molecule has 0 saturated carbocycles. The third-order valence-corrected chi connectivity index (χ3v) is 4.53. The number of β-amino-alcohol motifs (C(OH)–C–C–N with tert-alkyl or cyclic N) is 1. The third-order valence-electron chi connectivity index (χ3n) is 2.22. The number of carbonyl (C=O) groups is 1. The summed E-state index contributed by atoms with van der Waals surface area (Å²) in [5.74, 6) is 0.647. The zero-order valence-corrected chi connectivity index (χ0v) is 10.1. The molecule has 1 aliphatic rings. The summed E-state index contributed by atoms with van der Waals surface area (Å²) in [5.41, 5.74) is 0. The minimum Gasteiger partial charge on any atom is -0.392 e. The molecule has 5 heteroatoms. The third kappa shape index (κ3) is 2.35. The minimum atomic E-state index is -0.463. The summed E-state index contributed by atoms with van der Waals surface area (Å²) >= 11 is 3.29. The van der Waals surface area contributed by atoms with Crippen LogP contribution in [0.5, 0.6) is 0 Å². The van der Waals surface area contributed by atoms with Crippen LogP contribution in [0.3, 0.4) is 0 Å². The Balaban J connectivity index is 2.14. The maximum Gasteiger partial charge on any atom is 0.233 e. The van der Waals surface area contributed by atoms with Gasteiger partial charge in [-0.2, -0.15) is 0 Å². The molecule has 2 atom stereocenters. The molecule has 1 amide bonds. The number of thioether (sulfide) groups is 1. The van der Waals surface area contributed by atoms with E-state index < -0.39 is 6.10 Å². The average molecular weight is 243 g/mol. The molecule has 2 rings (SSSR count). The number of hydrogen-bond acceptors (Lipinski definition) is 4. The van der Waals surface area contributed by atoms with Crippen LogP contribution in [0.2, 0.25) is 0 Å². The molecule has 1 aliphatic heterocycles. The van der Waals surface area contributed by atoms with Gasteiger partial charge in [0.2, 0.25) is 5.91 Å². The smallest absolute Gasteiger partial charge is 0.233 e. The molecule has 82 valence electrons. The van der Waals surface area contributed by atoms with Gasteiger partial charge in [-0.1, -0.05) is 6.07 Å². The van der Waals surface area contributed by atoms with Crippen LogP contribution in [0.25, 0.3) is 0 Å². The second kappa shape index (κ2) is 4.55. The van der Waals surface area contributed by atoms with Crippen LogP contribution in [0, 0.1) is 0 Å². The Hall–Kier alpha value is -0.520. The van der Waals surface area contributed by atoms with Crippen molar-refractivity contribution < 1.29 is 9.90 Å². The summed E-state index contributed by atoms with van der Waals surface area (Å²) in [7, 11) is 0. The van der Waals surface area contributed by atoms with Crippen LogP contribution in [0.15, 0.2) is 17.5 Å². The summed E-state index contributed by atoms with van der Waals surface area (Å²) in [6.07, 6.45) is -0.463. The minimum absolute atomic E-state index is 0.104. The molecule has 1 aromatic rings. The highest BCUT2D eigenvalue weighted by atomic mass is 32.2. The average Bonchev–Trinajstić information content (AvgIpc) is 2.76. The van der Waals surface area contributed by atoms with Gasteiger partial charge in [-0.05, 0) is 18.4 Å². The van der Waals surface area contributed by atoms with Crippen LogP contribution >= 0.6 is 23.1 Å². The molecule has 2 heterocycles. The Kier molecular flexibility index (Phi) is 3.33. The molecule has 0 unspecified atom stereocenters. The Bertz CT molecular complexity index is 337. The molecule has 1 saturated heterocycles. The largest absolute Gasteiger partial charge is 0.392 e. The normalized spacial score (nSPS) is 23.5. The molecule has 0 bridgehead atoms. The van der Waals surface area contributed by atoms with Crippen LogP contribution < -0.4 is 0 Å². The molecule has 0 aromatic carbocycles. The highest BCUT2D eigenvalue weighted by molar-refractivity contribution is 8.00. The molecular formula is C10H13NO2S2. The van der Waals surface area contributed by atoms with Crippen molar-refractivity contribution in [2.75, 3.05) is 12.3 Å². The Morgan fingerprint density at radius 1 is 1.73 bits per heavy atom. The Morgan fingerprint density at radius 2 is 2.53 bits per heavy atom. The number of carbonyl (C=O) groups excluding carboxylic acids is 1. The van der Waals surface area contributed by atoms with E-state index in [4.69, 9.17) is 0 Å². The van der Waals surface area contributed by atoms with Gasteiger partial charge in [-0.25, -0.2) is 0 Å².